The summed E-state index contributed by atoms with van der Waals surface area (Å²) in [4.78, 5) is 2.24. The molecule has 0 amide bonds. The van der Waals surface area contributed by atoms with Crippen LogP contribution in [0.25, 0.3) is 0 Å². The molecule has 0 radical (unpaired) electrons. The second-order valence-corrected chi connectivity index (χ2v) is 4.59. The fourth-order valence-electron chi connectivity index (χ4n) is 2.13. The fourth-order valence-corrected chi connectivity index (χ4v) is 2.13. The van der Waals surface area contributed by atoms with Crippen LogP contribution in [0.1, 0.15) is 18.1 Å². The third-order valence-electron chi connectivity index (χ3n) is 3.19. The highest BCUT2D eigenvalue weighted by atomic mass is 19.1. The van der Waals surface area contributed by atoms with Gasteiger partial charge in [0.25, 0.3) is 0 Å². The van der Waals surface area contributed by atoms with Gasteiger partial charge in [-0.25, -0.2) is 4.39 Å². The monoisotopic (exact) mass is 252 g/mol. The highest BCUT2D eigenvalue weighted by Gasteiger charge is 2.13. The van der Waals surface area contributed by atoms with E-state index in [0.29, 0.717) is 6.54 Å². The van der Waals surface area contributed by atoms with Gasteiger partial charge in [0.15, 0.2) is 0 Å². The predicted octanol–water partition coefficient (Wildman–Crippen LogP) is 1.77. The molecule has 2 rings (SSSR count). The number of ether oxygens (including phenoxy) is 1. The Labute approximate surface area is 108 Å². The zero-order valence-electron chi connectivity index (χ0n) is 10.9. The number of nitrogens with zero attached hydrogens (tertiary/aromatic N) is 1. The lowest BCUT2D eigenvalue weighted by atomic mass is 10.1. The topological polar surface area (TPSA) is 24.5 Å². The minimum Gasteiger partial charge on any atom is -0.379 e. The Morgan fingerprint density at radius 2 is 2.11 bits per heavy atom. The molecule has 1 aromatic rings. The Morgan fingerprint density at radius 3 is 2.83 bits per heavy atom. The molecule has 0 saturated carbocycles. The Bertz CT molecular complexity index is 378. The molecule has 0 bridgehead atoms. The molecule has 0 unspecified atom stereocenters. The van der Waals surface area contributed by atoms with Crippen molar-refractivity contribution in [2.45, 2.75) is 20.0 Å². The lowest BCUT2D eigenvalue weighted by Crippen LogP contribution is -2.35. The van der Waals surface area contributed by atoms with Crippen LogP contribution in [0, 0.1) is 5.82 Å². The molecule has 0 spiro atoms. The van der Waals surface area contributed by atoms with E-state index >= 15 is 0 Å². The SMILES string of the molecule is CCNCc1ccc(F)c(CN2CCOCC2)c1. The third kappa shape index (κ3) is 3.77. The number of hydrogen-bond acceptors (Lipinski definition) is 3. The normalized spacial score (nSPS) is 17.0. The maximum absolute atomic E-state index is 13.8. The first kappa shape index (κ1) is 13.5. The molecular weight excluding hydrogens is 231 g/mol. The average molecular weight is 252 g/mol. The molecule has 1 aliphatic heterocycles. The van der Waals surface area contributed by atoms with E-state index in [9.17, 15) is 4.39 Å². The summed E-state index contributed by atoms with van der Waals surface area (Å²) < 4.78 is 19.1. The Kier molecular flexibility index (Phi) is 5.11. The summed E-state index contributed by atoms with van der Waals surface area (Å²) >= 11 is 0. The van der Waals surface area contributed by atoms with E-state index in [4.69, 9.17) is 4.74 Å². The molecule has 1 N–H and O–H groups in total. The van der Waals surface area contributed by atoms with E-state index in [1.54, 1.807) is 6.07 Å². The van der Waals surface area contributed by atoms with Crippen molar-refractivity contribution in [2.75, 3.05) is 32.8 Å². The standard InChI is InChI=1S/C14H21FN2O/c1-2-16-10-12-3-4-14(15)13(9-12)11-17-5-7-18-8-6-17/h3-4,9,16H,2,5-8,10-11H2,1H3. The van der Waals surface area contributed by atoms with Crippen molar-refractivity contribution in [1.29, 1.82) is 0 Å². The van der Waals surface area contributed by atoms with Crippen molar-refractivity contribution in [2.24, 2.45) is 0 Å². The first-order valence-electron chi connectivity index (χ1n) is 6.57. The summed E-state index contributed by atoms with van der Waals surface area (Å²) in [7, 11) is 0. The fraction of sp³-hybridized carbons (Fsp3) is 0.571. The van der Waals surface area contributed by atoms with Crippen LogP contribution in [0.2, 0.25) is 0 Å². The van der Waals surface area contributed by atoms with Gasteiger partial charge in [-0.1, -0.05) is 19.1 Å². The summed E-state index contributed by atoms with van der Waals surface area (Å²) in [6, 6.07) is 5.39. The van der Waals surface area contributed by atoms with Gasteiger partial charge in [-0.05, 0) is 18.2 Å². The van der Waals surface area contributed by atoms with Crippen molar-refractivity contribution >= 4 is 0 Å². The van der Waals surface area contributed by atoms with Gasteiger partial charge in [0.1, 0.15) is 5.82 Å². The quantitative estimate of drug-likeness (QED) is 0.864. The van der Waals surface area contributed by atoms with Crippen LogP contribution in [-0.4, -0.2) is 37.7 Å². The smallest absolute Gasteiger partial charge is 0.127 e. The predicted molar refractivity (Wildman–Crippen MR) is 69.9 cm³/mol. The molecule has 0 aliphatic carbocycles. The summed E-state index contributed by atoms with van der Waals surface area (Å²) in [5, 5.41) is 3.26. The van der Waals surface area contributed by atoms with Crippen LogP contribution in [0.5, 0.6) is 0 Å². The first-order chi connectivity index (χ1) is 8.79. The van der Waals surface area contributed by atoms with Crippen LogP contribution < -0.4 is 5.32 Å². The van der Waals surface area contributed by atoms with Crippen molar-refractivity contribution in [1.82, 2.24) is 10.2 Å². The Morgan fingerprint density at radius 1 is 1.33 bits per heavy atom. The van der Waals surface area contributed by atoms with Crippen molar-refractivity contribution < 1.29 is 9.13 Å². The number of nitrogens with one attached hydrogen (secondary N) is 1. The molecule has 1 fully saturated rings. The first-order valence-corrected chi connectivity index (χ1v) is 6.57. The Balaban J connectivity index is 2.00. The highest BCUT2D eigenvalue weighted by Crippen LogP contribution is 2.14. The summed E-state index contributed by atoms with van der Waals surface area (Å²) in [5.41, 5.74) is 1.92. The molecule has 18 heavy (non-hydrogen) atoms. The van der Waals surface area contributed by atoms with Gasteiger partial charge in [-0.15, -0.1) is 0 Å². The van der Waals surface area contributed by atoms with Gasteiger partial charge in [-0.3, -0.25) is 4.90 Å². The number of halogens is 1. The van der Waals surface area contributed by atoms with Crippen LogP contribution in [0.4, 0.5) is 4.39 Å². The van der Waals surface area contributed by atoms with Gasteiger partial charge < -0.3 is 10.1 Å². The third-order valence-corrected chi connectivity index (χ3v) is 3.19. The van der Waals surface area contributed by atoms with Gasteiger partial charge >= 0.3 is 0 Å². The van der Waals surface area contributed by atoms with Crippen LogP contribution in [-0.2, 0) is 17.8 Å². The molecule has 3 nitrogen and oxygen atoms in total. The molecule has 0 atom stereocenters. The van der Waals surface area contributed by atoms with E-state index in [-0.39, 0.29) is 5.82 Å². The van der Waals surface area contributed by atoms with Crippen molar-refractivity contribution in [3.63, 3.8) is 0 Å². The van der Waals surface area contributed by atoms with Crippen molar-refractivity contribution in [3.8, 4) is 0 Å². The van der Waals surface area contributed by atoms with Gasteiger partial charge in [0.2, 0.25) is 0 Å². The lowest BCUT2D eigenvalue weighted by molar-refractivity contribution is 0.0337. The minimum atomic E-state index is -0.109. The molecular formula is C14H21FN2O. The average Bonchev–Trinajstić information content (AvgIpc) is 2.41. The van der Waals surface area contributed by atoms with E-state index in [2.05, 4.69) is 17.1 Å². The Hall–Kier alpha value is -0.970. The molecule has 1 aliphatic rings. The van der Waals surface area contributed by atoms with Crippen LogP contribution in [0.15, 0.2) is 18.2 Å². The van der Waals surface area contributed by atoms with E-state index < -0.39 is 0 Å². The van der Waals surface area contributed by atoms with E-state index in [1.807, 2.05) is 12.1 Å². The van der Waals surface area contributed by atoms with Crippen LogP contribution in [0.3, 0.4) is 0 Å². The van der Waals surface area contributed by atoms with E-state index in [1.165, 1.54) is 0 Å². The highest BCUT2D eigenvalue weighted by molar-refractivity contribution is 5.25. The van der Waals surface area contributed by atoms with Gasteiger partial charge in [0, 0.05) is 31.7 Å². The van der Waals surface area contributed by atoms with Gasteiger partial charge in [0.05, 0.1) is 13.2 Å². The van der Waals surface area contributed by atoms with Gasteiger partial charge in [-0.2, -0.15) is 0 Å². The maximum Gasteiger partial charge on any atom is 0.127 e. The summed E-state index contributed by atoms with van der Waals surface area (Å²) in [6.45, 7) is 7.74. The molecule has 100 valence electrons. The molecule has 0 aromatic heterocycles. The summed E-state index contributed by atoms with van der Waals surface area (Å²) in [5.74, 6) is -0.109. The number of rotatable bonds is 5. The molecule has 1 heterocycles. The van der Waals surface area contributed by atoms with Crippen LogP contribution >= 0.6 is 0 Å². The minimum absolute atomic E-state index is 0.109. The molecule has 4 heteroatoms. The lowest BCUT2D eigenvalue weighted by Gasteiger charge is -2.26. The zero-order valence-corrected chi connectivity index (χ0v) is 10.9. The zero-order chi connectivity index (χ0) is 12.8. The largest absolute Gasteiger partial charge is 0.379 e. The number of hydrogen-bond donors (Lipinski definition) is 1. The van der Waals surface area contributed by atoms with E-state index in [0.717, 1.165) is 50.5 Å². The number of benzene rings is 1. The number of morpholine rings is 1. The molecule has 1 aromatic carbocycles. The summed E-state index contributed by atoms with van der Waals surface area (Å²) in [6.07, 6.45) is 0. The van der Waals surface area contributed by atoms with Crippen molar-refractivity contribution in [3.05, 3.63) is 35.1 Å². The maximum atomic E-state index is 13.8. The molecule has 1 saturated heterocycles. The second kappa shape index (κ2) is 6.83. The second-order valence-electron chi connectivity index (χ2n) is 4.59.